The summed E-state index contributed by atoms with van der Waals surface area (Å²) in [4.78, 5) is 2.45. The molecule has 0 fully saturated rings. The van der Waals surface area contributed by atoms with Gasteiger partial charge >= 0.3 is 0 Å². The van der Waals surface area contributed by atoms with Gasteiger partial charge in [0.05, 0.1) is 4.90 Å². The minimum Gasteiger partial charge on any atom is -0.487 e. The average molecular weight is 293 g/mol. The Morgan fingerprint density at radius 1 is 1.32 bits per heavy atom. The monoisotopic (exact) mass is 293 g/mol. The van der Waals surface area contributed by atoms with Gasteiger partial charge in [0.2, 0.25) is 0 Å². The molecule has 0 unspecified atom stereocenters. The lowest BCUT2D eigenvalue weighted by Gasteiger charge is -2.14. The van der Waals surface area contributed by atoms with Crippen LogP contribution in [-0.2, 0) is 0 Å². The fourth-order valence-corrected chi connectivity index (χ4v) is 3.24. The van der Waals surface area contributed by atoms with Gasteiger partial charge in [0.15, 0.2) is 0 Å². The summed E-state index contributed by atoms with van der Waals surface area (Å²) in [5, 5.41) is 0. The molecule has 4 heteroatoms. The normalized spacial score (nSPS) is 15.2. The summed E-state index contributed by atoms with van der Waals surface area (Å²) >= 11 is 3.56. The van der Waals surface area contributed by atoms with Crippen molar-refractivity contribution in [3.8, 4) is 5.75 Å². The van der Waals surface area contributed by atoms with Crippen LogP contribution in [0.3, 0.4) is 0 Å². The predicted molar refractivity (Wildman–Crippen MR) is 85.8 cm³/mol. The van der Waals surface area contributed by atoms with E-state index in [2.05, 4.69) is 28.6 Å². The molecule has 0 aromatic heterocycles. The fraction of sp³-hybridized carbons (Fsp3) is 0.333. The molecule has 0 spiro atoms. The van der Waals surface area contributed by atoms with Crippen LogP contribution >= 0.6 is 23.7 Å². The molecule has 1 heterocycles. The number of thioether (sulfide) groups is 1. The van der Waals surface area contributed by atoms with Crippen LogP contribution in [0.1, 0.15) is 6.42 Å². The number of rotatable bonds is 5. The largest absolute Gasteiger partial charge is 0.487 e. The van der Waals surface area contributed by atoms with Gasteiger partial charge in [0.1, 0.15) is 12.4 Å². The highest BCUT2D eigenvalue weighted by molar-refractivity contribution is 8.03. The number of para-hydroxylation sites is 1. The zero-order chi connectivity index (χ0) is 13.5. The molecule has 0 saturated heterocycles. The summed E-state index contributed by atoms with van der Waals surface area (Å²) < 4.78 is 8.04. The third kappa shape index (κ3) is 4.97. The van der Waals surface area contributed by atoms with Crippen molar-refractivity contribution in [1.82, 2.24) is 4.31 Å². The summed E-state index contributed by atoms with van der Waals surface area (Å²) in [6.07, 6.45) is 7.62. The second kappa shape index (κ2) is 7.68. The van der Waals surface area contributed by atoms with Gasteiger partial charge in [-0.1, -0.05) is 24.3 Å². The van der Waals surface area contributed by atoms with Crippen LogP contribution in [0, 0.1) is 0 Å². The molecule has 0 bridgehead atoms. The van der Waals surface area contributed by atoms with E-state index < -0.39 is 0 Å². The van der Waals surface area contributed by atoms with Crippen molar-refractivity contribution in [2.45, 2.75) is 11.3 Å². The molecule has 0 N–H and O–H groups in total. The van der Waals surface area contributed by atoms with Gasteiger partial charge < -0.3 is 4.74 Å². The van der Waals surface area contributed by atoms with Crippen LogP contribution in [-0.4, -0.2) is 30.8 Å². The molecule has 0 saturated carbocycles. The second-order valence-corrected chi connectivity index (χ2v) is 6.91. The third-order valence-corrected chi connectivity index (χ3v) is 4.45. The van der Waals surface area contributed by atoms with Crippen molar-refractivity contribution in [3.05, 3.63) is 47.4 Å². The minimum atomic E-state index is 0.653. The van der Waals surface area contributed by atoms with E-state index >= 15 is 0 Å². The van der Waals surface area contributed by atoms with Crippen molar-refractivity contribution in [2.24, 2.45) is 0 Å². The molecule has 102 valence electrons. The molecular weight excluding hydrogens is 274 g/mol. The molecule has 1 aromatic carbocycles. The SMILES string of the molecule is CN(C)Sc1ccccc1OCC1=CC=CCCS1. The second-order valence-electron chi connectivity index (χ2n) is 4.34. The van der Waals surface area contributed by atoms with Gasteiger partial charge in [-0.2, -0.15) is 0 Å². The van der Waals surface area contributed by atoms with Crippen molar-refractivity contribution < 1.29 is 4.74 Å². The standard InChI is InChI=1S/C15H19NOS2/c1-16(2)19-15-10-6-5-9-14(15)17-12-13-8-4-3-7-11-18-13/h3-6,8-10H,7,11-12H2,1-2H3. The van der Waals surface area contributed by atoms with E-state index in [1.807, 2.05) is 44.1 Å². The summed E-state index contributed by atoms with van der Waals surface area (Å²) in [6, 6.07) is 8.18. The van der Waals surface area contributed by atoms with E-state index in [-0.39, 0.29) is 0 Å². The summed E-state index contributed by atoms with van der Waals surface area (Å²) in [7, 11) is 4.08. The highest BCUT2D eigenvalue weighted by Crippen LogP contribution is 2.31. The first-order valence-electron chi connectivity index (χ1n) is 6.31. The highest BCUT2D eigenvalue weighted by Gasteiger charge is 2.07. The molecule has 0 amide bonds. The van der Waals surface area contributed by atoms with Gasteiger partial charge in [-0.25, -0.2) is 0 Å². The summed E-state index contributed by atoms with van der Waals surface area (Å²) in [5.41, 5.74) is 0. The lowest BCUT2D eigenvalue weighted by molar-refractivity contribution is 0.351. The van der Waals surface area contributed by atoms with Crippen molar-refractivity contribution >= 4 is 23.7 Å². The first-order chi connectivity index (χ1) is 9.25. The van der Waals surface area contributed by atoms with Gasteiger partial charge in [-0.05, 0) is 50.7 Å². The number of benzene rings is 1. The van der Waals surface area contributed by atoms with Crippen molar-refractivity contribution in [3.63, 3.8) is 0 Å². The van der Waals surface area contributed by atoms with E-state index in [1.165, 1.54) is 4.91 Å². The van der Waals surface area contributed by atoms with Crippen LogP contribution in [0.5, 0.6) is 5.75 Å². The number of hydrogen-bond acceptors (Lipinski definition) is 4. The molecule has 0 radical (unpaired) electrons. The Bertz CT molecular complexity index is 469. The third-order valence-electron chi connectivity index (χ3n) is 2.49. The van der Waals surface area contributed by atoms with Crippen LogP contribution in [0.2, 0.25) is 0 Å². The fourth-order valence-electron chi connectivity index (χ4n) is 1.66. The number of hydrogen-bond donors (Lipinski definition) is 0. The number of allylic oxidation sites excluding steroid dienone is 3. The van der Waals surface area contributed by atoms with E-state index in [0.29, 0.717) is 6.61 Å². The predicted octanol–water partition coefficient (Wildman–Crippen LogP) is 4.21. The maximum Gasteiger partial charge on any atom is 0.134 e. The molecule has 2 rings (SSSR count). The molecular formula is C15H19NOS2. The van der Waals surface area contributed by atoms with Gasteiger partial charge in [-0.15, -0.1) is 11.8 Å². The van der Waals surface area contributed by atoms with Crippen LogP contribution in [0.25, 0.3) is 0 Å². The highest BCUT2D eigenvalue weighted by atomic mass is 32.2. The lowest BCUT2D eigenvalue weighted by Crippen LogP contribution is -2.03. The van der Waals surface area contributed by atoms with Crippen LogP contribution in [0.4, 0.5) is 0 Å². The zero-order valence-corrected chi connectivity index (χ0v) is 13.0. The smallest absolute Gasteiger partial charge is 0.134 e. The first kappa shape index (κ1) is 14.6. The summed E-state index contributed by atoms with van der Waals surface area (Å²) in [6.45, 7) is 0.653. The Kier molecular flexibility index (Phi) is 5.89. The van der Waals surface area contributed by atoms with Crippen LogP contribution in [0.15, 0.2) is 52.3 Å². The molecule has 2 nitrogen and oxygen atoms in total. The maximum absolute atomic E-state index is 5.96. The lowest BCUT2D eigenvalue weighted by atomic mass is 10.3. The van der Waals surface area contributed by atoms with E-state index in [0.717, 1.165) is 22.8 Å². The zero-order valence-electron chi connectivity index (χ0n) is 11.3. The Morgan fingerprint density at radius 3 is 3.00 bits per heavy atom. The summed E-state index contributed by atoms with van der Waals surface area (Å²) in [5.74, 6) is 2.09. The Morgan fingerprint density at radius 2 is 2.16 bits per heavy atom. The number of nitrogens with zero attached hydrogens (tertiary/aromatic N) is 1. The molecule has 19 heavy (non-hydrogen) atoms. The molecule has 0 atom stereocenters. The maximum atomic E-state index is 5.96. The van der Waals surface area contributed by atoms with E-state index in [1.54, 1.807) is 11.9 Å². The first-order valence-corrected chi connectivity index (χ1v) is 8.07. The molecule has 0 aliphatic carbocycles. The van der Waals surface area contributed by atoms with Crippen LogP contribution < -0.4 is 4.74 Å². The van der Waals surface area contributed by atoms with Gasteiger partial charge in [0, 0.05) is 10.7 Å². The Balaban J connectivity index is 1.98. The van der Waals surface area contributed by atoms with Crippen molar-refractivity contribution in [2.75, 3.05) is 26.5 Å². The Labute approximate surface area is 124 Å². The number of ether oxygens (including phenoxy) is 1. The topological polar surface area (TPSA) is 12.5 Å². The van der Waals surface area contributed by atoms with E-state index in [4.69, 9.17) is 4.74 Å². The van der Waals surface area contributed by atoms with Gasteiger partial charge in [0.25, 0.3) is 0 Å². The van der Waals surface area contributed by atoms with E-state index in [9.17, 15) is 0 Å². The molecule has 1 aromatic rings. The quantitative estimate of drug-likeness (QED) is 0.754. The van der Waals surface area contributed by atoms with Crippen molar-refractivity contribution in [1.29, 1.82) is 0 Å². The Hall–Kier alpha value is -0.840. The average Bonchev–Trinajstić information content (AvgIpc) is 2.65. The molecule has 1 aliphatic rings. The van der Waals surface area contributed by atoms with Gasteiger partial charge in [-0.3, -0.25) is 4.31 Å². The molecule has 1 aliphatic heterocycles. The minimum absolute atomic E-state index is 0.653.